The number of nitrogens with zero attached hydrogens (tertiary/aromatic N) is 4. The van der Waals surface area contributed by atoms with Crippen molar-refractivity contribution >= 4 is 22.5 Å². The van der Waals surface area contributed by atoms with E-state index in [9.17, 15) is 4.79 Å². The molecule has 0 saturated carbocycles. The fraction of sp³-hybridized carbons (Fsp3) is 0.429. The van der Waals surface area contributed by atoms with Crippen LogP contribution in [0.15, 0.2) is 18.3 Å². The number of thiazole rings is 1. The lowest BCUT2D eigenvalue weighted by Crippen LogP contribution is -2.24. The molecule has 8 heteroatoms. The molecule has 4 rings (SSSR count). The van der Waals surface area contributed by atoms with Crippen molar-refractivity contribution in [3.8, 4) is 21.8 Å². The molecule has 3 heterocycles. The van der Waals surface area contributed by atoms with Gasteiger partial charge in [0.2, 0.25) is 0 Å². The minimum atomic E-state index is -0.255. The van der Waals surface area contributed by atoms with Crippen molar-refractivity contribution in [2.24, 2.45) is 0 Å². The lowest BCUT2D eigenvalue weighted by atomic mass is 10.0. The molecule has 0 aliphatic heterocycles. The van der Waals surface area contributed by atoms with Gasteiger partial charge in [-0.05, 0) is 51.7 Å². The van der Waals surface area contributed by atoms with Gasteiger partial charge in [0.1, 0.15) is 0 Å². The van der Waals surface area contributed by atoms with Gasteiger partial charge in [0.25, 0.3) is 0 Å². The Labute approximate surface area is 174 Å². The summed E-state index contributed by atoms with van der Waals surface area (Å²) in [5.41, 5.74) is 6.55. The Hall–Kier alpha value is -2.74. The summed E-state index contributed by atoms with van der Waals surface area (Å²) in [6.07, 6.45) is 5.70. The Kier molecular flexibility index (Phi) is 5.36. The number of fused-ring (bicyclic) bond motifs is 3. The van der Waals surface area contributed by atoms with E-state index in [4.69, 9.17) is 10.1 Å². The second kappa shape index (κ2) is 7.94. The second-order valence-electron chi connectivity index (χ2n) is 7.46. The number of urea groups is 1. The lowest BCUT2D eigenvalue weighted by molar-refractivity contribution is 0.254. The largest absolute Gasteiger partial charge is 0.341 e. The number of hydrogen-bond donors (Lipinski definition) is 2. The molecule has 0 bridgehead atoms. The van der Waals surface area contributed by atoms with Crippen LogP contribution in [0.5, 0.6) is 0 Å². The topological polar surface area (TPSA) is 84.7 Å². The maximum Gasteiger partial charge on any atom is 0.320 e. The van der Waals surface area contributed by atoms with E-state index in [1.54, 1.807) is 7.05 Å². The highest BCUT2D eigenvalue weighted by atomic mass is 32.1. The van der Waals surface area contributed by atoms with Crippen molar-refractivity contribution in [1.29, 1.82) is 0 Å². The van der Waals surface area contributed by atoms with E-state index >= 15 is 0 Å². The van der Waals surface area contributed by atoms with Crippen molar-refractivity contribution in [2.45, 2.75) is 52.5 Å². The molecular formula is C21H26N6OS. The molecule has 3 aromatic rings. The number of anilines is 1. The number of hydrogen-bond acceptors (Lipinski definition) is 5. The zero-order valence-electron chi connectivity index (χ0n) is 17.2. The van der Waals surface area contributed by atoms with Crippen LogP contribution in [-0.4, -0.2) is 32.8 Å². The van der Waals surface area contributed by atoms with E-state index in [-0.39, 0.29) is 12.1 Å². The van der Waals surface area contributed by atoms with E-state index in [2.05, 4.69) is 53.2 Å². The van der Waals surface area contributed by atoms with Gasteiger partial charge in [-0.15, -0.1) is 0 Å². The third kappa shape index (κ3) is 3.64. The number of aryl methyl sites for hydroxylation is 2. The predicted molar refractivity (Wildman–Crippen MR) is 116 cm³/mol. The first-order chi connectivity index (χ1) is 14.0. The van der Waals surface area contributed by atoms with Crippen molar-refractivity contribution in [3.05, 3.63) is 35.3 Å². The highest BCUT2D eigenvalue weighted by Gasteiger charge is 2.28. The highest BCUT2D eigenvalue weighted by molar-refractivity contribution is 7.19. The van der Waals surface area contributed by atoms with E-state index in [1.165, 1.54) is 16.9 Å². The summed E-state index contributed by atoms with van der Waals surface area (Å²) >= 11 is 1.52. The van der Waals surface area contributed by atoms with Crippen molar-refractivity contribution in [3.63, 3.8) is 0 Å². The molecule has 29 heavy (non-hydrogen) atoms. The molecule has 0 aromatic carbocycles. The van der Waals surface area contributed by atoms with Crippen LogP contribution in [0.1, 0.15) is 50.2 Å². The molecule has 0 saturated heterocycles. The molecular weight excluding hydrogens is 384 g/mol. The lowest BCUT2D eigenvalue weighted by Gasteiger charge is -2.10. The van der Waals surface area contributed by atoms with Gasteiger partial charge >= 0.3 is 6.03 Å². The first kappa shape index (κ1) is 19.6. The van der Waals surface area contributed by atoms with Gasteiger partial charge in [0, 0.05) is 36.1 Å². The predicted octanol–water partition coefficient (Wildman–Crippen LogP) is 4.45. The third-order valence-electron chi connectivity index (χ3n) is 5.16. The van der Waals surface area contributed by atoms with Crippen LogP contribution in [0, 0.1) is 0 Å². The van der Waals surface area contributed by atoms with Gasteiger partial charge in [0.05, 0.1) is 22.0 Å². The van der Waals surface area contributed by atoms with Crippen LogP contribution in [0.3, 0.4) is 0 Å². The first-order valence-electron chi connectivity index (χ1n) is 10.1. The molecule has 0 fully saturated rings. The Bertz CT molecular complexity index is 1030. The first-order valence-corrected chi connectivity index (χ1v) is 10.9. The zero-order valence-corrected chi connectivity index (χ0v) is 18.1. The van der Waals surface area contributed by atoms with Gasteiger partial charge in [-0.1, -0.05) is 18.3 Å². The van der Waals surface area contributed by atoms with Crippen molar-refractivity contribution in [1.82, 2.24) is 25.1 Å². The standard InChI is InChI=1S/C21H26N6OS/c1-5-14-10-9-13(11-23-14)17-15-7-6-8-16-19(18(15)27(26-17)12(2)3)29-21(24-16)25-20(28)22-4/h9-12H,5-8H2,1-4H3,(H2,22,24,25,28). The van der Waals surface area contributed by atoms with Crippen LogP contribution in [0.2, 0.25) is 0 Å². The summed E-state index contributed by atoms with van der Waals surface area (Å²) in [7, 11) is 1.60. The second-order valence-corrected chi connectivity index (χ2v) is 8.46. The number of rotatable bonds is 4. The Balaban J connectivity index is 1.85. The smallest absolute Gasteiger partial charge is 0.320 e. The summed E-state index contributed by atoms with van der Waals surface area (Å²) in [5.74, 6) is 0. The summed E-state index contributed by atoms with van der Waals surface area (Å²) in [6.45, 7) is 6.40. The molecule has 2 amide bonds. The quantitative estimate of drug-likeness (QED) is 0.665. The fourth-order valence-electron chi connectivity index (χ4n) is 3.68. The van der Waals surface area contributed by atoms with Gasteiger partial charge in [-0.3, -0.25) is 15.0 Å². The summed E-state index contributed by atoms with van der Waals surface area (Å²) in [6, 6.07) is 4.16. The van der Waals surface area contributed by atoms with Crippen molar-refractivity contribution in [2.75, 3.05) is 12.4 Å². The number of carbonyl (C=O) groups is 1. The average molecular weight is 411 g/mol. The third-order valence-corrected chi connectivity index (χ3v) is 6.18. The number of amides is 2. The van der Waals surface area contributed by atoms with Gasteiger partial charge in [-0.25, -0.2) is 9.78 Å². The number of carbonyl (C=O) groups excluding carboxylic acids is 1. The molecule has 7 nitrogen and oxygen atoms in total. The molecule has 1 aliphatic carbocycles. The molecule has 0 atom stereocenters. The zero-order chi connectivity index (χ0) is 20.5. The number of nitrogens with one attached hydrogen (secondary N) is 2. The van der Waals surface area contributed by atoms with Crippen LogP contribution < -0.4 is 10.6 Å². The number of pyridine rings is 1. The fourth-order valence-corrected chi connectivity index (χ4v) is 4.75. The van der Waals surface area contributed by atoms with Gasteiger partial charge < -0.3 is 5.32 Å². The van der Waals surface area contributed by atoms with Crippen LogP contribution in [-0.2, 0) is 19.3 Å². The minimum absolute atomic E-state index is 0.212. The summed E-state index contributed by atoms with van der Waals surface area (Å²) in [4.78, 5) is 22.1. The maximum absolute atomic E-state index is 11.7. The molecule has 0 unspecified atom stereocenters. The van der Waals surface area contributed by atoms with Gasteiger partial charge in [0.15, 0.2) is 5.13 Å². The Morgan fingerprint density at radius 3 is 2.79 bits per heavy atom. The number of aromatic nitrogens is 4. The Morgan fingerprint density at radius 2 is 2.14 bits per heavy atom. The van der Waals surface area contributed by atoms with E-state index in [0.29, 0.717) is 5.13 Å². The Morgan fingerprint density at radius 1 is 1.31 bits per heavy atom. The maximum atomic E-state index is 11.7. The van der Waals surface area contributed by atoms with Crippen molar-refractivity contribution < 1.29 is 4.79 Å². The normalized spacial score (nSPS) is 13.0. The van der Waals surface area contributed by atoms with E-state index in [1.807, 2.05) is 6.20 Å². The molecule has 152 valence electrons. The van der Waals surface area contributed by atoms with Crippen LogP contribution in [0.4, 0.5) is 9.93 Å². The molecule has 1 aliphatic rings. The minimum Gasteiger partial charge on any atom is -0.341 e. The molecule has 0 radical (unpaired) electrons. The molecule has 0 spiro atoms. The highest BCUT2D eigenvalue weighted by Crippen LogP contribution is 2.43. The molecule has 2 N–H and O–H groups in total. The summed E-state index contributed by atoms with van der Waals surface area (Å²) < 4.78 is 2.10. The van der Waals surface area contributed by atoms with Crippen LogP contribution in [0.25, 0.3) is 21.8 Å². The van der Waals surface area contributed by atoms with Crippen LogP contribution >= 0.6 is 11.3 Å². The SMILES string of the molecule is CCc1ccc(-c2nn(C(C)C)c3c2CCCc2nc(NC(=O)NC)sc2-3)cn1. The van der Waals surface area contributed by atoms with Gasteiger partial charge in [-0.2, -0.15) is 5.10 Å². The van der Waals surface area contributed by atoms with E-state index < -0.39 is 0 Å². The average Bonchev–Trinajstić information content (AvgIpc) is 3.25. The molecule has 3 aromatic heterocycles. The monoisotopic (exact) mass is 410 g/mol. The van der Waals surface area contributed by atoms with E-state index in [0.717, 1.165) is 58.9 Å². The summed E-state index contributed by atoms with van der Waals surface area (Å²) in [5, 5.41) is 11.0.